The molecule has 2 heterocycles. The highest BCUT2D eigenvalue weighted by molar-refractivity contribution is 7.13. The first-order valence-corrected chi connectivity index (χ1v) is 11.6. The lowest BCUT2D eigenvalue weighted by Gasteiger charge is -2.23. The lowest BCUT2D eigenvalue weighted by Crippen LogP contribution is -2.30. The second-order valence-electron chi connectivity index (χ2n) is 7.84. The summed E-state index contributed by atoms with van der Waals surface area (Å²) in [7, 11) is 4.53. The van der Waals surface area contributed by atoms with E-state index in [1.54, 1.807) is 17.0 Å². The third-order valence-corrected chi connectivity index (χ3v) is 6.68. The highest BCUT2D eigenvalue weighted by Gasteiger charge is 2.34. The predicted octanol–water partition coefficient (Wildman–Crippen LogP) is 4.10. The SMILES string of the molecule is COc1cc(C(=O)N2CCCC2c2nnc(C(=O)Nc3ccc(C)cc3)s2)cc(OC)c1OC. The maximum atomic E-state index is 13.4. The van der Waals surface area contributed by atoms with Gasteiger partial charge in [-0.3, -0.25) is 9.59 Å². The van der Waals surface area contributed by atoms with Crippen molar-refractivity contribution in [2.45, 2.75) is 25.8 Å². The van der Waals surface area contributed by atoms with Gasteiger partial charge in [-0.05, 0) is 44.0 Å². The van der Waals surface area contributed by atoms with Gasteiger partial charge < -0.3 is 24.4 Å². The van der Waals surface area contributed by atoms with Crippen LogP contribution in [0.2, 0.25) is 0 Å². The summed E-state index contributed by atoms with van der Waals surface area (Å²) in [5.74, 6) is 0.738. The van der Waals surface area contributed by atoms with Crippen molar-refractivity contribution >= 4 is 28.8 Å². The van der Waals surface area contributed by atoms with Gasteiger partial charge in [-0.1, -0.05) is 29.0 Å². The molecule has 4 rings (SSSR count). The second-order valence-corrected chi connectivity index (χ2v) is 8.85. The van der Waals surface area contributed by atoms with Gasteiger partial charge in [0.15, 0.2) is 11.5 Å². The first-order valence-electron chi connectivity index (χ1n) is 10.8. The van der Waals surface area contributed by atoms with E-state index >= 15 is 0 Å². The Labute approximate surface area is 201 Å². The van der Waals surface area contributed by atoms with E-state index in [-0.39, 0.29) is 22.9 Å². The van der Waals surface area contributed by atoms with Gasteiger partial charge in [-0.2, -0.15) is 0 Å². The molecular weight excluding hydrogens is 456 g/mol. The van der Waals surface area contributed by atoms with Crippen molar-refractivity contribution in [3.05, 3.63) is 57.5 Å². The monoisotopic (exact) mass is 482 g/mol. The van der Waals surface area contributed by atoms with Crippen molar-refractivity contribution in [2.24, 2.45) is 0 Å². The minimum absolute atomic E-state index is 0.178. The van der Waals surface area contributed by atoms with Crippen molar-refractivity contribution in [2.75, 3.05) is 33.2 Å². The van der Waals surface area contributed by atoms with Crippen molar-refractivity contribution < 1.29 is 23.8 Å². The fraction of sp³-hybridized carbons (Fsp3) is 0.333. The van der Waals surface area contributed by atoms with Gasteiger partial charge in [0.1, 0.15) is 5.01 Å². The summed E-state index contributed by atoms with van der Waals surface area (Å²) < 4.78 is 16.1. The number of amides is 2. The zero-order valence-corrected chi connectivity index (χ0v) is 20.3. The van der Waals surface area contributed by atoms with Gasteiger partial charge in [0.25, 0.3) is 11.8 Å². The number of anilines is 1. The molecule has 2 aromatic carbocycles. The minimum Gasteiger partial charge on any atom is -0.493 e. The van der Waals surface area contributed by atoms with Crippen LogP contribution in [-0.2, 0) is 0 Å². The molecule has 2 amide bonds. The Morgan fingerprint density at radius 2 is 1.71 bits per heavy atom. The molecule has 1 atom stereocenters. The standard InChI is InChI=1S/C24H26N4O5S/c1-14-7-9-16(10-8-14)25-21(29)23-27-26-22(34-23)17-6-5-11-28(17)24(30)15-12-18(31-2)20(33-4)19(13-15)32-3/h7-10,12-13,17H,5-6,11H2,1-4H3,(H,25,29). The fourth-order valence-corrected chi connectivity index (χ4v) is 4.81. The summed E-state index contributed by atoms with van der Waals surface area (Å²) in [5.41, 5.74) is 2.21. The third-order valence-electron chi connectivity index (χ3n) is 5.65. The smallest absolute Gasteiger partial charge is 0.286 e. The van der Waals surface area contributed by atoms with Crippen LogP contribution in [0.5, 0.6) is 17.2 Å². The highest BCUT2D eigenvalue weighted by Crippen LogP contribution is 2.40. The van der Waals surface area contributed by atoms with Gasteiger partial charge in [-0.25, -0.2) is 0 Å². The van der Waals surface area contributed by atoms with Crippen molar-refractivity contribution in [3.63, 3.8) is 0 Å². The molecule has 9 nitrogen and oxygen atoms in total. The van der Waals surface area contributed by atoms with Gasteiger partial charge in [-0.15, -0.1) is 10.2 Å². The molecule has 1 fully saturated rings. The quantitative estimate of drug-likeness (QED) is 0.541. The van der Waals surface area contributed by atoms with Crippen LogP contribution in [0.4, 0.5) is 5.69 Å². The molecular formula is C24H26N4O5S. The van der Waals surface area contributed by atoms with E-state index in [9.17, 15) is 9.59 Å². The number of methoxy groups -OCH3 is 3. The number of nitrogens with one attached hydrogen (secondary N) is 1. The Hall–Kier alpha value is -3.66. The van der Waals surface area contributed by atoms with E-state index in [0.717, 1.165) is 18.4 Å². The number of hydrogen-bond acceptors (Lipinski definition) is 8. The fourth-order valence-electron chi connectivity index (χ4n) is 3.92. The van der Waals surface area contributed by atoms with E-state index < -0.39 is 0 Å². The molecule has 0 radical (unpaired) electrons. The molecule has 178 valence electrons. The zero-order valence-electron chi connectivity index (χ0n) is 19.5. The van der Waals surface area contributed by atoms with Gasteiger partial charge in [0.05, 0.1) is 27.4 Å². The summed E-state index contributed by atoms with van der Waals surface area (Å²) in [6.45, 7) is 2.56. The molecule has 34 heavy (non-hydrogen) atoms. The van der Waals surface area contributed by atoms with E-state index in [1.165, 1.54) is 32.7 Å². The molecule has 10 heteroatoms. The van der Waals surface area contributed by atoms with Crippen LogP contribution < -0.4 is 19.5 Å². The second kappa shape index (κ2) is 10.1. The Morgan fingerprint density at radius 3 is 2.32 bits per heavy atom. The molecule has 0 saturated carbocycles. The maximum Gasteiger partial charge on any atom is 0.286 e. The average Bonchev–Trinajstić information content (AvgIpc) is 3.53. The van der Waals surface area contributed by atoms with Crippen LogP contribution in [0.3, 0.4) is 0 Å². The van der Waals surface area contributed by atoms with E-state index in [2.05, 4.69) is 15.5 Å². The Kier molecular flexibility index (Phi) is 6.97. The molecule has 0 bridgehead atoms. The summed E-state index contributed by atoms with van der Waals surface area (Å²) in [6, 6.07) is 10.5. The molecule has 0 spiro atoms. The normalized spacial score (nSPS) is 15.2. The maximum absolute atomic E-state index is 13.4. The topological polar surface area (TPSA) is 103 Å². The molecule has 1 aliphatic heterocycles. The third kappa shape index (κ3) is 4.67. The van der Waals surface area contributed by atoms with E-state index in [1.807, 2.05) is 31.2 Å². The molecule has 1 aromatic heterocycles. The van der Waals surface area contributed by atoms with Crippen molar-refractivity contribution in [1.82, 2.24) is 15.1 Å². The van der Waals surface area contributed by atoms with Gasteiger partial charge in [0.2, 0.25) is 10.8 Å². The minimum atomic E-state index is -0.326. The number of aryl methyl sites for hydroxylation is 1. The van der Waals surface area contributed by atoms with Crippen molar-refractivity contribution in [1.29, 1.82) is 0 Å². The van der Waals surface area contributed by atoms with Gasteiger partial charge in [0, 0.05) is 17.8 Å². The Morgan fingerprint density at radius 1 is 1.03 bits per heavy atom. The number of hydrogen-bond donors (Lipinski definition) is 1. The lowest BCUT2D eigenvalue weighted by molar-refractivity contribution is 0.0734. The van der Waals surface area contributed by atoms with Crippen LogP contribution in [-0.4, -0.2) is 54.8 Å². The molecule has 1 aliphatic rings. The number of carbonyl (C=O) groups excluding carboxylic acids is 2. The summed E-state index contributed by atoms with van der Waals surface area (Å²) in [5, 5.41) is 12.0. The predicted molar refractivity (Wildman–Crippen MR) is 128 cm³/mol. The number of aromatic nitrogens is 2. The lowest BCUT2D eigenvalue weighted by atomic mass is 10.1. The summed E-state index contributed by atoms with van der Waals surface area (Å²) in [6.07, 6.45) is 1.57. The number of likely N-dealkylation sites (tertiary alicyclic amines) is 1. The van der Waals surface area contributed by atoms with Crippen LogP contribution in [0.15, 0.2) is 36.4 Å². The number of carbonyl (C=O) groups is 2. The number of benzene rings is 2. The van der Waals surface area contributed by atoms with Crippen LogP contribution in [0, 0.1) is 6.92 Å². The molecule has 1 N–H and O–H groups in total. The van der Waals surface area contributed by atoms with Crippen LogP contribution >= 0.6 is 11.3 Å². The zero-order chi connectivity index (χ0) is 24.2. The Bertz CT molecular complexity index is 1170. The molecule has 1 unspecified atom stereocenters. The largest absolute Gasteiger partial charge is 0.493 e. The van der Waals surface area contributed by atoms with Crippen LogP contribution in [0.25, 0.3) is 0 Å². The van der Waals surface area contributed by atoms with Crippen molar-refractivity contribution in [3.8, 4) is 17.2 Å². The molecule has 1 saturated heterocycles. The molecule has 3 aromatic rings. The van der Waals surface area contributed by atoms with Crippen LogP contribution in [0.1, 0.15) is 49.6 Å². The number of rotatable bonds is 7. The first kappa shape index (κ1) is 23.5. The number of nitrogens with zero attached hydrogens (tertiary/aromatic N) is 3. The number of ether oxygens (including phenoxy) is 3. The van der Waals surface area contributed by atoms with E-state index in [4.69, 9.17) is 14.2 Å². The average molecular weight is 483 g/mol. The highest BCUT2D eigenvalue weighted by atomic mass is 32.1. The summed E-state index contributed by atoms with van der Waals surface area (Å²) >= 11 is 1.20. The first-order chi connectivity index (χ1) is 16.4. The van der Waals surface area contributed by atoms with Gasteiger partial charge >= 0.3 is 0 Å². The summed E-state index contributed by atoms with van der Waals surface area (Å²) in [4.78, 5) is 27.8. The van der Waals surface area contributed by atoms with E-state index in [0.29, 0.717) is 40.1 Å². The Balaban J connectivity index is 1.54. The molecule has 0 aliphatic carbocycles.